The molecule has 1 aromatic rings. The van der Waals surface area contributed by atoms with Crippen LogP contribution >= 0.6 is 24.0 Å². The SMILES string of the molecule is CN=C(NCCNC(=O)OC(C)(C)C)NC1CCN(Cc2ccccc2)CC1.I. The number of benzene rings is 1. The third-order valence-corrected chi connectivity index (χ3v) is 4.49. The van der Waals surface area contributed by atoms with E-state index in [9.17, 15) is 4.79 Å². The van der Waals surface area contributed by atoms with E-state index in [2.05, 4.69) is 56.2 Å². The summed E-state index contributed by atoms with van der Waals surface area (Å²) < 4.78 is 5.22. The number of halogens is 1. The zero-order chi connectivity index (χ0) is 20.4. The number of aliphatic imine (C=N–C) groups is 1. The Bertz CT molecular complexity index is 626. The second kappa shape index (κ2) is 12.9. The summed E-state index contributed by atoms with van der Waals surface area (Å²) in [5.74, 6) is 0.771. The predicted octanol–water partition coefficient (Wildman–Crippen LogP) is 2.96. The highest BCUT2D eigenvalue weighted by molar-refractivity contribution is 14.0. The minimum absolute atomic E-state index is 0. The number of guanidine groups is 1. The topological polar surface area (TPSA) is 78.0 Å². The molecule has 7 nitrogen and oxygen atoms in total. The average molecular weight is 517 g/mol. The number of carbonyl (C=O) groups is 1. The maximum atomic E-state index is 11.6. The minimum Gasteiger partial charge on any atom is -0.444 e. The molecule has 0 spiro atoms. The van der Waals surface area contributed by atoms with E-state index in [0.717, 1.165) is 38.4 Å². The van der Waals surface area contributed by atoms with Gasteiger partial charge in [-0.1, -0.05) is 30.3 Å². The van der Waals surface area contributed by atoms with Crippen molar-refractivity contribution in [2.24, 2.45) is 4.99 Å². The highest BCUT2D eigenvalue weighted by Crippen LogP contribution is 2.13. The highest BCUT2D eigenvalue weighted by atomic mass is 127. The molecule has 0 aromatic heterocycles. The monoisotopic (exact) mass is 517 g/mol. The Morgan fingerprint density at radius 2 is 1.76 bits per heavy atom. The average Bonchev–Trinajstić information content (AvgIpc) is 2.65. The molecule has 1 aromatic carbocycles. The summed E-state index contributed by atoms with van der Waals surface area (Å²) in [7, 11) is 1.77. The number of nitrogens with zero attached hydrogens (tertiary/aromatic N) is 2. The van der Waals surface area contributed by atoms with Gasteiger partial charge in [0.05, 0.1) is 0 Å². The van der Waals surface area contributed by atoms with Crippen LogP contribution in [-0.4, -0.2) is 61.8 Å². The quantitative estimate of drug-likeness (QED) is 0.234. The third kappa shape index (κ3) is 10.7. The lowest BCUT2D eigenvalue weighted by atomic mass is 10.0. The van der Waals surface area contributed by atoms with Crippen LogP contribution in [-0.2, 0) is 11.3 Å². The van der Waals surface area contributed by atoms with Gasteiger partial charge in [0.2, 0.25) is 0 Å². The fraction of sp³-hybridized carbons (Fsp3) is 0.619. The number of nitrogens with one attached hydrogen (secondary N) is 3. The van der Waals surface area contributed by atoms with Crippen molar-refractivity contribution in [3.05, 3.63) is 35.9 Å². The van der Waals surface area contributed by atoms with Gasteiger partial charge in [-0.2, -0.15) is 0 Å². The molecule has 1 saturated heterocycles. The van der Waals surface area contributed by atoms with Gasteiger partial charge in [-0.25, -0.2) is 4.79 Å². The first kappa shape index (κ1) is 25.5. The lowest BCUT2D eigenvalue weighted by molar-refractivity contribution is 0.0529. The summed E-state index contributed by atoms with van der Waals surface area (Å²) >= 11 is 0. The zero-order valence-electron chi connectivity index (χ0n) is 18.0. The number of ether oxygens (including phenoxy) is 1. The lowest BCUT2D eigenvalue weighted by Gasteiger charge is -2.33. The molecule has 0 saturated carbocycles. The van der Waals surface area contributed by atoms with E-state index < -0.39 is 11.7 Å². The summed E-state index contributed by atoms with van der Waals surface area (Å²) in [5, 5.41) is 9.46. The van der Waals surface area contributed by atoms with Crippen molar-refractivity contribution < 1.29 is 9.53 Å². The van der Waals surface area contributed by atoms with Gasteiger partial charge in [-0.3, -0.25) is 9.89 Å². The molecular formula is C21H36IN5O2. The number of amides is 1. The van der Waals surface area contributed by atoms with Crippen molar-refractivity contribution in [2.75, 3.05) is 33.2 Å². The molecule has 3 N–H and O–H groups in total. The van der Waals surface area contributed by atoms with Gasteiger partial charge in [0, 0.05) is 45.8 Å². The van der Waals surface area contributed by atoms with Crippen LogP contribution in [0.5, 0.6) is 0 Å². The van der Waals surface area contributed by atoms with E-state index >= 15 is 0 Å². The normalized spacial score (nSPS) is 15.9. The smallest absolute Gasteiger partial charge is 0.407 e. The van der Waals surface area contributed by atoms with Crippen LogP contribution in [0.15, 0.2) is 35.3 Å². The predicted molar refractivity (Wildman–Crippen MR) is 129 cm³/mol. The van der Waals surface area contributed by atoms with Crippen molar-refractivity contribution in [3.63, 3.8) is 0 Å². The largest absolute Gasteiger partial charge is 0.444 e. The Kier molecular flexibility index (Phi) is 11.3. The van der Waals surface area contributed by atoms with Crippen LogP contribution in [0.25, 0.3) is 0 Å². The number of hydrogen-bond donors (Lipinski definition) is 3. The molecule has 164 valence electrons. The molecule has 29 heavy (non-hydrogen) atoms. The van der Waals surface area contributed by atoms with Gasteiger partial charge in [-0.05, 0) is 39.2 Å². The van der Waals surface area contributed by atoms with Crippen LogP contribution in [0.1, 0.15) is 39.2 Å². The summed E-state index contributed by atoms with van der Waals surface area (Å²) in [6.45, 7) is 9.77. The lowest BCUT2D eigenvalue weighted by Crippen LogP contribution is -2.49. The second-order valence-electron chi connectivity index (χ2n) is 8.11. The Labute approximate surface area is 192 Å². The third-order valence-electron chi connectivity index (χ3n) is 4.49. The highest BCUT2D eigenvalue weighted by Gasteiger charge is 2.20. The first-order valence-electron chi connectivity index (χ1n) is 10.1. The first-order chi connectivity index (χ1) is 13.4. The number of rotatable bonds is 6. The number of carbonyl (C=O) groups excluding carboxylic acids is 1. The van der Waals surface area contributed by atoms with Crippen molar-refractivity contribution in [1.82, 2.24) is 20.9 Å². The Morgan fingerprint density at radius 3 is 2.34 bits per heavy atom. The van der Waals surface area contributed by atoms with E-state index in [1.54, 1.807) is 7.05 Å². The molecule has 0 atom stereocenters. The molecule has 1 aliphatic heterocycles. The molecule has 0 bridgehead atoms. The Hall–Kier alpha value is -1.55. The summed E-state index contributed by atoms with van der Waals surface area (Å²) in [6, 6.07) is 11.0. The first-order valence-corrected chi connectivity index (χ1v) is 10.1. The molecule has 0 unspecified atom stereocenters. The van der Waals surface area contributed by atoms with E-state index in [1.165, 1.54) is 5.56 Å². The standard InChI is InChI=1S/C21H35N5O2.HI/c1-21(2,3)28-20(27)24-13-12-23-19(22-4)25-18-10-14-26(15-11-18)16-17-8-6-5-7-9-17;/h5-9,18H,10-16H2,1-4H3,(H,24,27)(H2,22,23,25);1H. The fourth-order valence-electron chi connectivity index (χ4n) is 3.12. The van der Waals surface area contributed by atoms with Crippen LogP contribution in [0.4, 0.5) is 4.79 Å². The Balaban J connectivity index is 0.00000420. The summed E-state index contributed by atoms with van der Waals surface area (Å²) in [4.78, 5) is 18.4. The maximum absolute atomic E-state index is 11.6. The van der Waals surface area contributed by atoms with Gasteiger partial charge in [0.25, 0.3) is 0 Å². The molecule has 1 amide bonds. The molecule has 1 fully saturated rings. The fourth-order valence-corrected chi connectivity index (χ4v) is 3.12. The number of piperidine rings is 1. The number of alkyl carbamates (subject to hydrolysis) is 1. The summed E-state index contributed by atoms with van der Waals surface area (Å²) in [5.41, 5.74) is 0.883. The van der Waals surface area contributed by atoms with Crippen LogP contribution in [0.2, 0.25) is 0 Å². The second-order valence-corrected chi connectivity index (χ2v) is 8.11. The summed E-state index contributed by atoms with van der Waals surface area (Å²) in [6.07, 6.45) is 1.77. The van der Waals surface area contributed by atoms with Crippen molar-refractivity contribution in [3.8, 4) is 0 Å². The van der Waals surface area contributed by atoms with Gasteiger partial charge in [-0.15, -0.1) is 24.0 Å². The van der Waals surface area contributed by atoms with Gasteiger partial charge < -0.3 is 20.7 Å². The van der Waals surface area contributed by atoms with E-state index in [0.29, 0.717) is 19.1 Å². The number of likely N-dealkylation sites (tertiary alicyclic amines) is 1. The van der Waals surface area contributed by atoms with E-state index in [-0.39, 0.29) is 24.0 Å². The molecular weight excluding hydrogens is 481 g/mol. The van der Waals surface area contributed by atoms with Crippen LogP contribution < -0.4 is 16.0 Å². The van der Waals surface area contributed by atoms with Gasteiger partial charge in [0.1, 0.15) is 5.60 Å². The molecule has 0 radical (unpaired) electrons. The molecule has 0 aliphatic carbocycles. The minimum atomic E-state index is -0.482. The van der Waals surface area contributed by atoms with Gasteiger partial charge >= 0.3 is 6.09 Å². The van der Waals surface area contributed by atoms with Crippen molar-refractivity contribution in [2.45, 2.75) is 51.8 Å². The Morgan fingerprint density at radius 1 is 1.14 bits per heavy atom. The molecule has 8 heteroatoms. The van der Waals surface area contributed by atoms with Crippen molar-refractivity contribution >= 4 is 36.0 Å². The molecule has 2 rings (SSSR count). The van der Waals surface area contributed by atoms with E-state index in [1.807, 2.05) is 20.8 Å². The van der Waals surface area contributed by atoms with Crippen LogP contribution in [0.3, 0.4) is 0 Å². The van der Waals surface area contributed by atoms with Gasteiger partial charge in [0.15, 0.2) is 5.96 Å². The molecule has 1 aliphatic rings. The zero-order valence-corrected chi connectivity index (χ0v) is 20.4. The maximum Gasteiger partial charge on any atom is 0.407 e. The molecule has 1 heterocycles. The van der Waals surface area contributed by atoms with Crippen LogP contribution in [0, 0.1) is 0 Å². The number of hydrogen-bond acceptors (Lipinski definition) is 4. The van der Waals surface area contributed by atoms with E-state index in [4.69, 9.17) is 4.74 Å². The van der Waals surface area contributed by atoms with Crippen molar-refractivity contribution in [1.29, 1.82) is 0 Å².